The fourth-order valence-electron chi connectivity index (χ4n) is 1.42. The average Bonchev–Trinajstić information content (AvgIpc) is 2.76. The maximum Gasteiger partial charge on any atom is 0.303 e. The van der Waals surface area contributed by atoms with Gasteiger partial charge in [-0.25, -0.2) is 4.98 Å². The van der Waals surface area contributed by atoms with Crippen LogP contribution in [0.3, 0.4) is 0 Å². The molecule has 1 aromatic heterocycles. The second-order valence-electron chi connectivity index (χ2n) is 5.39. The van der Waals surface area contributed by atoms with Crippen LogP contribution >= 0.6 is 11.3 Å². The fraction of sp³-hybridized carbons (Fsp3) is 0.615. The third kappa shape index (κ3) is 5.38. The van der Waals surface area contributed by atoms with Crippen molar-refractivity contribution in [2.75, 3.05) is 6.54 Å². The lowest BCUT2D eigenvalue weighted by Gasteiger charge is -2.13. The molecule has 5 nitrogen and oxygen atoms in total. The smallest absolute Gasteiger partial charge is 0.303 e. The topological polar surface area (TPSA) is 79.3 Å². The summed E-state index contributed by atoms with van der Waals surface area (Å²) in [7, 11) is 0. The number of carbonyl (C=O) groups is 2. The van der Waals surface area contributed by atoms with Gasteiger partial charge in [-0.2, -0.15) is 0 Å². The Hall–Kier alpha value is -1.43. The Kier molecular flexibility index (Phi) is 5.47. The third-order valence-corrected chi connectivity index (χ3v) is 3.75. The van der Waals surface area contributed by atoms with Crippen LogP contribution in [0.4, 0.5) is 0 Å². The van der Waals surface area contributed by atoms with Crippen LogP contribution in [0.25, 0.3) is 0 Å². The third-order valence-electron chi connectivity index (χ3n) is 2.48. The summed E-state index contributed by atoms with van der Waals surface area (Å²) in [5.74, 6) is -0.997. The summed E-state index contributed by atoms with van der Waals surface area (Å²) in [6.45, 7) is 6.65. The van der Waals surface area contributed by atoms with E-state index < -0.39 is 5.97 Å². The molecule has 0 atom stereocenters. The van der Waals surface area contributed by atoms with Gasteiger partial charge >= 0.3 is 5.97 Å². The lowest BCUT2D eigenvalue weighted by atomic mass is 9.98. The molecule has 19 heavy (non-hydrogen) atoms. The zero-order valence-electron chi connectivity index (χ0n) is 11.5. The minimum absolute atomic E-state index is 0.0509. The Morgan fingerprint density at radius 3 is 2.58 bits per heavy atom. The largest absolute Gasteiger partial charge is 0.481 e. The number of aliphatic carboxylic acids is 1. The van der Waals surface area contributed by atoms with E-state index in [4.69, 9.17) is 5.11 Å². The van der Waals surface area contributed by atoms with E-state index in [2.05, 4.69) is 31.1 Å². The number of carboxylic acid groups (broad SMARTS) is 1. The Morgan fingerprint density at radius 2 is 2.05 bits per heavy atom. The minimum Gasteiger partial charge on any atom is -0.481 e. The van der Waals surface area contributed by atoms with E-state index >= 15 is 0 Å². The first-order valence-corrected chi connectivity index (χ1v) is 7.14. The van der Waals surface area contributed by atoms with Gasteiger partial charge in [0.15, 0.2) is 0 Å². The van der Waals surface area contributed by atoms with Crippen molar-refractivity contribution in [3.8, 4) is 0 Å². The summed E-state index contributed by atoms with van der Waals surface area (Å²) >= 11 is 1.48. The average molecular weight is 284 g/mol. The normalized spacial score (nSPS) is 11.3. The molecule has 0 aliphatic carbocycles. The number of nitrogens with zero attached hydrogens (tertiary/aromatic N) is 1. The zero-order chi connectivity index (χ0) is 14.5. The van der Waals surface area contributed by atoms with Gasteiger partial charge in [-0.1, -0.05) is 20.8 Å². The number of carboxylic acids is 1. The van der Waals surface area contributed by atoms with E-state index in [9.17, 15) is 9.59 Å². The number of unbranched alkanes of at least 4 members (excludes halogenated alkanes) is 1. The molecule has 0 saturated heterocycles. The second kappa shape index (κ2) is 6.65. The molecule has 0 radical (unpaired) electrons. The van der Waals surface area contributed by atoms with Gasteiger partial charge in [0.1, 0.15) is 5.69 Å². The maximum atomic E-state index is 11.8. The molecule has 1 rings (SSSR count). The van der Waals surface area contributed by atoms with Crippen molar-refractivity contribution in [2.45, 2.75) is 45.4 Å². The van der Waals surface area contributed by atoms with Gasteiger partial charge in [-0.15, -0.1) is 11.3 Å². The van der Waals surface area contributed by atoms with Crippen LogP contribution in [0.5, 0.6) is 0 Å². The number of thiazole rings is 1. The molecular weight excluding hydrogens is 264 g/mol. The predicted octanol–water partition coefficient (Wildman–Crippen LogP) is 2.43. The number of aromatic nitrogens is 1. The van der Waals surface area contributed by atoms with Gasteiger partial charge in [-0.05, 0) is 12.8 Å². The quantitative estimate of drug-likeness (QED) is 0.786. The molecule has 0 aromatic carbocycles. The van der Waals surface area contributed by atoms with Crippen molar-refractivity contribution in [1.29, 1.82) is 0 Å². The van der Waals surface area contributed by atoms with Gasteiger partial charge in [0.2, 0.25) is 0 Å². The summed E-state index contributed by atoms with van der Waals surface area (Å²) in [6, 6.07) is 0. The fourth-order valence-corrected chi connectivity index (χ4v) is 2.30. The molecule has 0 unspecified atom stereocenters. The number of amides is 1. The van der Waals surface area contributed by atoms with Crippen molar-refractivity contribution in [1.82, 2.24) is 10.3 Å². The lowest BCUT2D eigenvalue weighted by molar-refractivity contribution is -0.137. The summed E-state index contributed by atoms with van der Waals surface area (Å²) in [6.07, 6.45) is 1.37. The Bertz CT molecular complexity index is 449. The van der Waals surface area contributed by atoms with Crippen LogP contribution in [0.15, 0.2) is 5.38 Å². The van der Waals surface area contributed by atoms with Gasteiger partial charge in [-0.3, -0.25) is 9.59 Å². The number of rotatable bonds is 6. The van der Waals surface area contributed by atoms with Crippen LogP contribution in [0.2, 0.25) is 0 Å². The summed E-state index contributed by atoms with van der Waals surface area (Å²) in [5, 5.41) is 13.9. The van der Waals surface area contributed by atoms with E-state index in [1.807, 2.05) is 0 Å². The molecule has 1 amide bonds. The first-order valence-electron chi connectivity index (χ1n) is 6.26. The minimum atomic E-state index is -0.805. The van der Waals surface area contributed by atoms with E-state index in [1.54, 1.807) is 5.38 Å². The van der Waals surface area contributed by atoms with Crippen molar-refractivity contribution in [3.63, 3.8) is 0 Å². The van der Waals surface area contributed by atoms with Gasteiger partial charge in [0.05, 0.1) is 5.01 Å². The van der Waals surface area contributed by atoms with Crippen LogP contribution in [-0.2, 0) is 10.2 Å². The first-order chi connectivity index (χ1) is 8.80. The van der Waals surface area contributed by atoms with E-state index in [0.717, 1.165) is 5.01 Å². The Labute approximate surface area is 117 Å². The molecule has 0 aliphatic heterocycles. The Balaban J connectivity index is 2.38. The van der Waals surface area contributed by atoms with Gasteiger partial charge < -0.3 is 10.4 Å². The van der Waals surface area contributed by atoms with Crippen molar-refractivity contribution < 1.29 is 14.7 Å². The van der Waals surface area contributed by atoms with E-state index in [1.165, 1.54) is 11.3 Å². The highest BCUT2D eigenvalue weighted by atomic mass is 32.1. The SMILES string of the molecule is CC(C)(C)c1nc(C(=O)NCCCCC(=O)O)cs1. The van der Waals surface area contributed by atoms with Gasteiger partial charge in [0, 0.05) is 23.8 Å². The number of hydrogen-bond donors (Lipinski definition) is 2. The zero-order valence-corrected chi connectivity index (χ0v) is 12.3. The highest BCUT2D eigenvalue weighted by molar-refractivity contribution is 7.10. The van der Waals surface area contributed by atoms with Crippen LogP contribution in [-0.4, -0.2) is 28.5 Å². The Morgan fingerprint density at radius 1 is 1.37 bits per heavy atom. The van der Waals surface area contributed by atoms with Gasteiger partial charge in [0.25, 0.3) is 5.91 Å². The molecule has 1 heterocycles. The van der Waals surface area contributed by atoms with Crippen LogP contribution in [0.1, 0.15) is 55.5 Å². The summed E-state index contributed by atoms with van der Waals surface area (Å²) < 4.78 is 0. The summed E-state index contributed by atoms with van der Waals surface area (Å²) in [4.78, 5) is 26.4. The monoisotopic (exact) mass is 284 g/mol. The van der Waals surface area contributed by atoms with E-state index in [0.29, 0.717) is 25.1 Å². The second-order valence-corrected chi connectivity index (χ2v) is 6.25. The molecule has 2 N–H and O–H groups in total. The molecule has 0 bridgehead atoms. The summed E-state index contributed by atoms with van der Waals surface area (Å²) in [5.41, 5.74) is 0.387. The lowest BCUT2D eigenvalue weighted by Crippen LogP contribution is -2.25. The first kappa shape index (κ1) is 15.6. The molecule has 106 valence electrons. The highest BCUT2D eigenvalue weighted by Crippen LogP contribution is 2.25. The molecule has 6 heteroatoms. The van der Waals surface area contributed by atoms with Crippen molar-refractivity contribution >= 4 is 23.2 Å². The van der Waals surface area contributed by atoms with Crippen LogP contribution in [0, 0.1) is 0 Å². The molecule has 1 aromatic rings. The standard InChI is InChI=1S/C13H20N2O3S/c1-13(2,3)12-15-9(8-19-12)11(18)14-7-5-4-6-10(16)17/h8H,4-7H2,1-3H3,(H,14,18)(H,16,17). The van der Waals surface area contributed by atoms with Crippen molar-refractivity contribution in [2.24, 2.45) is 0 Å². The number of nitrogens with one attached hydrogen (secondary N) is 1. The molecule has 0 fully saturated rings. The number of hydrogen-bond acceptors (Lipinski definition) is 4. The molecular formula is C13H20N2O3S. The number of carbonyl (C=O) groups excluding carboxylic acids is 1. The predicted molar refractivity (Wildman–Crippen MR) is 74.6 cm³/mol. The highest BCUT2D eigenvalue weighted by Gasteiger charge is 2.20. The molecule has 0 aliphatic rings. The maximum absolute atomic E-state index is 11.8. The molecule has 0 saturated carbocycles. The van der Waals surface area contributed by atoms with E-state index in [-0.39, 0.29) is 17.7 Å². The van der Waals surface area contributed by atoms with Crippen molar-refractivity contribution in [3.05, 3.63) is 16.1 Å². The van der Waals surface area contributed by atoms with Crippen LogP contribution < -0.4 is 5.32 Å². The molecule has 0 spiro atoms.